The summed E-state index contributed by atoms with van der Waals surface area (Å²) >= 11 is 0. The summed E-state index contributed by atoms with van der Waals surface area (Å²) in [5.41, 5.74) is 1.73. The van der Waals surface area contributed by atoms with Crippen molar-refractivity contribution >= 4 is 36.8 Å². The first-order chi connectivity index (χ1) is 18.0. The molecule has 0 amide bonds. The van der Waals surface area contributed by atoms with Gasteiger partial charge in [0.1, 0.15) is 17.5 Å². The Balaban J connectivity index is 1.44. The number of ether oxygens (including phenoxy) is 3. The second-order valence-corrected chi connectivity index (χ2v) is 13.4. The zero-order valence-electron chi connectivity index (χ0n) is 21.3. The van der Waals surface area contributed by atoms with E-state index in [0.717, 1.165) is 6.26 Å². The van der Waals surface area contributed by atoms with Crippen LogP contribution in [-0.4, -0.2) is 91.9 Å². The molecule has 0 spiro atoms. The van der Waals surface area contributed by atoms with Crippen molar-refractivity contribution in [1.29, 1.82) is 0 Å². The molecule has 2 aliphatic rings. The van der Waals surface area contributed by atoms with Gasteiger partial charge in [0, 0.05) is 44.6 Å². The maximum absolute atomic E-state index is 13.1. The molecule has 2 saturated heterocycles. The van der Waals surface area contributed by atoms with Crippen molar-refractivity contribution in [2.24, 2.45) is 7.05 Å². The van der Waals surface area contributed by atoms with Crippen LogP contribution in [0.3, 0.4) is 0 Å². The fourth-order valence-corrected chi connectivity index (χ4v) is 7.24. The number of fused-ring (bicyclic) bond motifs is 1. The van der Waals surface area contributed by atoms with Crippen molar-refractivity contribution in [3.8, 4) is 22.9 Å². The maximum atomic E-state index is 13.1. The Kier molecular flexibility index (Phi) is 7.19. The van der Waals surface area contributed by atoms with Gasteiger partial charge in [-0.25, -0.2) is 26.8 Å². The zero-order valence-corrected chi connectivity index (χ0v) is 23.0. The Bertz CT molecular complexity index is 1550. The molecule has 0 saturated carbocycles. The van der Waals surface area contributed by atoms with E-state index in [0.29, 0.717) is 67.1 Å². The predicted octanol–water partition coefficient (Wildman–Crippen LogP) is 1.37. The van der Waals surface area contributed by atoms with Crippen LogP contribution in [0.15, 0.2) is 24.5 Å². The Labute approximate surface area is 221 Å². The first-order valence-electron chi connectivity index (χ1n) is 12.1. The highest BCUT2D eigenvalue weighted by molar-refractivity contribution is 7.92. The summed E-state index contributed by atoms with van der Waals surface area (Å²) in [6, 6.07) is 3.31. The molecular formula is C23H30N6O7S2. The lowest BCUT2D eigenvalue weighted by Crippen LogP contribution is -2.41. The largest absolute Gasteiger partial charge is 0.488 e. The molecule has 13 nitrogen and oxygen atoms in total. The van der Waals surface area contributed by atoms with Gasteiger partial charge in [0.15, 0.2) is 5.65 Å². The molecule has 0 radical (unpaired) electrons. The number of sulfonamides is 2. The number of hydrogen-bond acceptors (Lipinski definition) is 10. The van der Waals surface area contributed by atoms with E-state index in [1.807, 2.05) is 0 Å². The lowest BCUT2D eigenvalue weighted by atomic mass is 10.1. The average molecular weight is 567 g/mol. The van der Waals surface area contributed by atoms with Gasteiger partial charge in [-0.2, -0.15) is 9.40 Å². The van der Waals surface area contributed by atoms with Crippen LogP contribution in [0.1, 0.15) is 19.3 Å². The van der Waals surface area contributed by atoms with Gasteiger partial charge in [0.05, 0.1) is 42.4 Å². The summed E-state index contributed by atoms with van der Waals surface area (Å²) in [7, 11) is -3.86. The number of nitrogens with one attached hydrogen (secondary N) is 1. The molecule has 1 N–H and O–H groups in total. The lowest BCUT2D eigenvalue weighted by Gasteiger charge is -2.27. The summed E-state index contributed by atoms with van der Waals surface area (Å²) in [4.78, 5) is 8.92. The summed E-state index contributed by atoms with van der Waals surface area (Å²) < 4.78 is 72.4. The van der Waals surface area contributed by atoms with E-state index in [9.17, 15) is 16.8 Å². The smallest absolute Gasteiger partial charge is 0.238 e. The standard InChI is InChI=1S/C23H30N6O7S2/c1-28-22-18(13-25-28)21(36-16-4-7-29(14-16)38(32,33)17-5-8-35-9-6-17)11-19(26-22)15-10-20(27-37(3,30)31)23(34-2)24-12-15/h10-13,16-17,27H,4-9,14H2,1-3H3/t16-/m1/s1. The fourth-order valence-electron chi connectivity index (χ4n) is 4.75. The zero-order chi connectivity index (χ0) is 27.1. The molecule has 0 bridgehead atoms. The number of aromatic nitrogens is 4. The summed E-state index contributed by atoms with van der Waals surface area (Å²) in [6.07, 6.45) is 5.42. The first kappa shape index (κ1) is 26.6. The molecule has 3 aromatic rings. The summed E-state index contributed by atoms with van der Waals surface area (Å²) in [6.45, 7) is 1.56. The maximum Gasteiger partial charge on any atom is 0.238 e. The molecule has 5 heterocycles. The van der Waals surface area contributed by atoms with Gasteiger partial charge in [0.2, 0.25) is 25.9 Å². The van der Waals surface area contributed by atoms with Gasteiger partial charge in [-0.05, 0) is 25.3 Å². The van der Waals surface area contributed by atoms with Gasteiger partial charge in [0.25, 0.3) is 0 Å². The summed E-state index contributed by atoms with van der Waals surface area (Å²) in [5, 5.41) is 4.56. The Morgan fingerprint density at radius 2 is 1.87 bits per heavy atom. The third-order valence-corrected chi connectivity index (χ3v) is 9.61. The lowest BCUT2D eigenvalue weighted by molar-refractivity contribution is 0.0973. The number of nitrogens with zero attached hydrogens (tertiary/aromatic N) is 5. The second kappa shape index (κ2) is 10.3. The van der Waals surface area contributed by atoms with Gasteiger partial charge < -0.3 is 14.2 Å². The first-order valence-corrected chi connectivity index (χ1v) is 15.5. The number of hydrogen-bond donors (Lipinski definition) is 1. The topological polar surface area (TPSA) is 155 Å². The number of methoxy groups -OCH3 is 1. The Hall–Kier alpha value is -3.01. The molecule has 15 heteroatoms. The minimum absolute atomic E-state index is 0.119. The SMILES string of the molecule is COc1ncc(-c2cc(O[C@@H]3CCN(S(=O)(=O)C4CCOCC4)C3)c3cnn(C)c3n2)cc1NS(C)(=O)=O. The van der Waals surface area contributed by atoms with Crippen LogP contribution in [0.25, 0.3) is 22.3 Å². The monoisotopic (exact) mass is 566 g/mol. The average Bonchev–Trinajstić information content (AvgIpc) is 3.51. The Morgan fingerprint density at radius 1 is 1.11 bits per heavy atom. The van der Waals surface area contributed by atoms with Crippen LogP contribution in [0.5, 0.6) is 11.6 Å². The highest BCUT2D eigenvalue weighted by atomic mass is 32.2. The van der Waals surface area contributed by atoms with Crippen molar-refractivity contribution in [2.75, 3.05) is 44.4 Å². The highest BCUT2D eigenvalue weighted by Gasteiger charge is 2.38. The van der Waals surface area contributed by atoms with E-state index in [1.54, 1.807) is 30.1 Å². The van der Waals surface area contributed by atoms with Gasteiger partial charge in [-0.15, -0.1) is 0 Å². The molecule has 38 heavy (non-hydrogen) atoms. The van der Waals surface area contributed by atoms with Crippen molar-refractivity contribution in [3.05, 3.63) is 24.5 Å². The van der Waals surface area contributed by atoms with Crippen LogP contribution in [0.2, 0.25) is 0 Å². The van der Waals surface area contributed by atoms with Gasteiger partial charge in [-0.3, -0.25) is 9.40 Å². The predicted molar refractivity (Wildman–Crippen MR) is 140 cm³/mol. The van der Waals surface area contributed by atoms with Crippen molar-refractivity contribution in [1.82, 2.24) is 24.1 Å². The third kappa shape index (κ3) is 5.41. The minimum Gasteiger partial charge on any atom is -0.488 e. The third-order valence-electron chi connectivity index (χ3n) is 6.65. The molecule has 3 aromatic heterocycles. The van der Waals surface area contributed by atoms with E-state index in [2.05, 4.69) is 14.8 Å². The van der Waals surface area contributed by atoms with Crippen LogP contribution >= 0.6 is 0 Å². The van der Waals surface area contributed by atoms with Crippen LogP contribution in [-0.2, 0) is 31.8 Å². The molecule has 0 aliphatic carbocycles. The quantitative estimate of drug-likeness (QED) is 0.423. The fraction of sp³-hybridized carbons (Fsp3) is 0.522. The molecule has 5 rings (SSSR count). The molecule has 2 aliphatic heterocycles. The molecule has 206 valence electrons. The highest BCUT2D eigenvalue weighted by Crippen LogP contribution is 2.34. The number of pyridine rings is 2. The molecular weight excluding hydrogens is 536 g/mol. The Morgan fingerprint density at radius 3 is 2.58 bits per heavy atom. The van der Waals surface area contributed by atoms with Crippen molar-refractivity contribution < 1.29 is 31.0 Å². The minimum atomic E-state index is -3.58. The second-order valence-electron chi connectivity index (χ2n) is 9.41. The number of rotatable bonds is 8. The van der Waals surface area contributed by atoms with Gasteiger partial charge in [-0.1, -0.05) is 0 Å². The van der Waals surface area contributed by atoms with Gasteiger partial charge >= 0.3 is 0 Å². The van der Waals surface area contributed by atoms with Crippen molar-refractivity contribution in [2.45, 2.75) is 30.6 Å². The van der Waals surface area contributed by atoms with Crippen LogP contribution in [0, 0.1) is 0 Å². The van der Waals surface area contributed by atoms with E-state index in [1.165, 1.54) is 17.6 Å². The van der Waals surface area contributed by atoms with E-state index in [-0.39, 0.29) is 24.2 Å². The normalized spacial score (nSPS) is 19.6. The van der Waals surface area contributed by atoms with E-state index < -0.39 is 25.3 Å². The molecule has 0 unspecified atom stereocenters. The van der Waals surface area contributed by atoms with E-state index in [4.69, 9.17) is 19.2 Å². The molecule has 2 fully saturated rings. The molecule has 1 atom stereocenters. The van der Waals surface area contributed by atoms with Crippen LogP contribution in [0.4, 0.5) is 5.69 Å². The number of aryl methyl sites for hydroxylation is 1. The molecule has 0 aromatic carbocycles. The van der Waals surface area contributed by atoms with Crippen molar-refractivity contribution in [3.63, 3.8) is 0 Å². The summed E-state index contributed by atoms with van der Waals surface area (Å²) in [5.74, 6) is 0.621. The van der Waals surface area contributed by atoms with E-state index >= 15 is 0 Å². The van der Waals surface area contributed by atoms with Crippen LogP contribution < -0.4 is 14.2 Å². The number of anilines is 1.